The number of rotatable bonds is 7. The molecule has 160 valence electrons. The Hall–Kier alpha value is -2.82. The van der Waals surface area contributed by atoms with Crippen LogP contribution < -0.4 is 4.74 Å². The number of carbonyl (C=O) groups is 2. The van der Waals surface area contributed by atoms with Gasteiger partial charge in [-0.2, -0.15) is 0 Å². The van der Waals surface area contributed by atoms with Crippen LogP contribution in [0, 0.1) is 13.8 Å². The molecular formula is C25H32N2O3. The highest BCUT2D eigenvalue weighted by Crippen LogP contribution is 2.21. The summed E-state index contributed by atoms with van der Waals surface area (Å²) in [5.74, 6) is 0.856. The van der Waals surface area contributed by atoms with Gasteiger partial charge in [0.25, 0.3) is 11.8 Å². The number of benzene rings is 2. The molecule has 3 rings (SSSR count). The third-order valence-electron chi connectivity index (χ3n) is 5.69. The SMILES string of the molecule is CCCN(C(=O)COc1cc(C)ccc1C)C1CCN(C(=O)c2ccccc2)CC1. The highest BCUT2D eigenvalue weighted by atomic mass is 16.5. The Morgan fingerprint density at radius 2 is 1.77 bits per heavy atom. The summed E-state index contributed by atoms with van der Waals surface area (Å²) in [7, 11) is 0. The second kappa shape index (κ2) is 10.3. The second-order valence-electron chi connectivity index (χ2n) is 8.03. The monoisotopic (exact) mass is 408 g/mol. The average Bonchev–Trinajstić information content (AvgIpc) is 2.78. The Kier molecular flexibility index (Phi) is 7.50. The number of piperidine rings is 1. The van der Waals surface area contributed by atoms with Gasteiger partial charge in [-0.15, -0.1) is 0 Å². The number of ether oxygens (including phenoxy) is 1. The standard InChI is InChI=1S/C25H32N2O3/c1-4-14-27(24(28)18-30-23-17-19(2)10-11-20(23)3)22-12-15-26(16-13-22)25(29)21-8-6-5-7-9-21/h5-11,17,22H,4,12-16,18H2,1-3H3. The molecule has 0 atom stereocenters. The summed E-state index contributed by atoms with van der Waals surface area (Å²) in [6.07, 6.45) is 2.50. The maximum Gasteiger partial charge on any atom is 0.260 e. The van der Waals surface area contributed by atoms with Crippen molar-refractivity contribution in [3.05, 3.63) is 65.2 Å². The van der Waals surface area contributed by atoms with Gasteiger partial charge < -0.3 is 14.5 Å². The molecule has 0 N–H and O–H groups in total. The Balaban J connectivity index is 1.57. The maximum absolute atomic E-state index is 13.0. The number of nitrogens with zero attached hydrogens (tertiary/aromatic N) is 2. The smallest absolute Gasteiger partial charge is 0.260 e. The first-order valence-corrected chi connectivity index (χ1v) is 10.8. The summed E-state index contributed by atoms with van der Waals surface area (Å²) in [5, 5.41) is 0. The van der Waals surface area contributed by atoms with Crippen LogP contribution in [0.1, 0.15) is 47.7 Å². The minimum atomic E-state index is 0.0191. The molecule has 5 heteroatoms. The first-order valence-electron chi connectivity index (χ1n) is 10.8. The first-order chi connectivity index (χ1) is 14.5. The molecule has 0 unspecified atom stereocenters. The number of aryl methyl sites for hydroxylation is 2. The Morgan fingerprint density at radius 1 is 1.07 bits per heavy atom. The Labute approximate surface area is 179 Å². The number of amides is 2. The van der Waals surface area contributed by atoms with Gasteiger partial charge in [0.2, 0.25) is 0 Å². The van der Waals surface area contributed by atoms with Crippen molar-refractivity contribution in [2.45, 2.75) is 46.1 Å². The molecule has 1 saturated heterocycles. The van der Waals surface area contributed by atoms with Crippen molar-refractivity contribution in [3.63, 3.8) is 0 Å². The summed E-state index contributed by atoms with van der Waals surface area (Å²) in [6.45, 7) is 8.19. The first kappa shape index (κ1) is 21.9. The van der Waals surface area contributed by atoms with Gasteiger partial charge in [-0.3, -0.25) is 9.59 Å². The number of hydrogen-bond donors (Lipinski definition) is 0. The maximum atomic E-state index is 13.0. The third-order valence-corrected chi connectivity index (χ3v) is 5.69. The van der Waals surface area contributed by atoms with Gasteiger partial charge in [0.15, 0.2) is 6.61 Å². The van der Waals surface area contributed by atoms with Crippen LogP contribution in [-0.4, -0.2) is 53.9 Å². The number of likely N-dealkylation sites (tertiary alicyclic amines) is 1. The Bertz CT molecular complexity index is 858. The van der Waals surface area contributed by atoms with Crippen LogP contribution in [0.2, 0.25) is 0 Å². The normalized spacial score (nSPS) is 14.4. The molecular weight excluding hydrogens is 376 g/mol. The van der Waals surface area contributed by atoms with Crippen LogP contribution in [0.15, 0.2) is 48.5 Å². The molecule has 2 amide bonds. The molecule has 0 saturated carbocycles. The highest BCUT2D eigenvalue weighted by Gasteiger charge is 2.29. The molecule has 2 aromatic carbocycles. The lowest BCUT2D eigenvalue weighted by Gasteiger charge is -2.38. The predicted molar refractivity (Wildman–Crippen MR) is 119 cm³/mol. The Morgan fingerprint density at radius 3 is 2.43 bits per heavy atom. The van der Waals surface area contributed by atoms with E-state index in [1.54, 1.807) is 0 Å². The zero-order valence-electron chi connectivity index (χ0n) is 18.3. The van der Waals surface area contributed by atoms with E-state index in [-0.39, 0.29) is 24.5 Å². The molecule has 1 fully saturated rings. The molecule has 2 aromatic rings. The van der Waals surface area contributed by atoms with Crippen molar-refractivity contribution < 1.29 is 14.3 Å². The van der Waals surface area contributed by atoms with Crippen molar-refractivity contribution >= 4 is 11.8 Å². The van der Waals surface area contributed by atoms with Gasteiger partial charge >= 0.3 is 0 Å². The van der Waals surface area contributed by atoms with Crippen LogP contribution in [0.4, 0.5) is 0 Å². The van der Waals surface area contributed by atoms with Crippen molar-refractivity contribution in [2.75, 3.05) is 26.2 Å². The summed E-state index contributed by atoms with van der Waals surface area (Å²) in [6, 6.07) is 15.6. The summed E-state index contributed by atoms with van der Waals surface area (Å²) < 4.78 is 5.86. The highest BCUT2D eigenvalue weighted by molar-refractivity contribution is 5.94. The summed E-state index contributed by atoms with van der Waals surface area (Å²) >= 11 is 0. The molecule has 0 radical (unpaired) electrons. The fourth-order valence-electron chi connectivity index (χ4n) is 3.98. The number of carbonyl (C=O) groups excluding carboxylic acids is 2. The van der Waals surface area contributed by atoms with E-state index in [4.69, 9.17) is 4.74 Å². The number of hydrogen-bond acceptors (Lipinski definition) is 3. The summed E-state index contributed by atoms with van der Waals surface area (Å²) in [5.41, 5.74) is 2.87. The zero-order valence-corrected chi connectivity index (χ0v) is 18.3. The second-order valence-corrected chi connectivity index (χ2v) is 8.03. The predicted octanol–water partition coefficient (Wildman–Crippen LogP) is 4.23. The lowest BCUT2D eigenvalue weighted by atomic mass is 10.0. The molecule has 0 aromatic heterocycles. The van der Waals surface area contributed by atoms with Crippen molar-refractivity contribution in [1.29, 1.82) is 0 Å². The van der Waals surface area contributed by atoms with E-state index < -0.39 is 0 Å². The van der Waals surface area contributed by atoms with Gasteiger partial charge in [-0.1, -0.05) is 37.3 Å². The van der Waals surface area contributed by atoms with E-state index in [9.17, 15) is 9.59 Å². The van der Waals surface area contributed by atoms with E-state index in [0.717, 1.165) is 41.7 Å². The molecule has 5 nitrogen and oxygen atoms in total. The van der Waals surface area contributed by atoms with Crippen molar-refractivity contribution in [2.24, 2.45) is 0 Å². The van der Waals surface area contributed by atoms with Gasteiger partial charge in [-0.05, 0) is 62.4 Å². The minimum Gasteiger partial charge on any atom is -0.483 e. The zero-order chi connectivity index (χ0) is 21.5. The molecule has 30 heavy (non-hydrogen) atoms. The fraction of sp³-hybridized carbons (Fsp3) is 0.440. The molecule has 1 aliphatic heterocycles. The van der Waals surface area contributed by atoms with E-state index in [1.807, 2.05) is 72.2 Å². The van der Waals surface area contributed by atoms with E-state index in [0.29, 0.717) is 19.6 Å². The van der Waals surface area contributed by atoms with E-state index >= 15 is 0 Å². The van der Waals surface area contributed by atoms with Gasteiger partial charge in [0.1, 0.15) is 5.75 Å². The van der Waals surface area contributed by atoms with Crippen molar-refractivity contribution in [3.8, 4) is 5.75 Å². The van der Waals surface area contributed by atoms with Gasteiger partial charge in [0, 0.05) is 31.2 Å². The average molecular weight is 409 g/mol. The molecule has 1 heterocycles. The van der Waals surface area contributed by atoms with Crippen LogP contribution in [0.5, 0.6) is 5.75 Å². The summed E-state index contributed by atoms with van der Waals surface area (Å²) in [4.78, 5) is 29.5. The molecule has 0 aliphatic carbocycles. The van der Waals surface area contributed by atoms with Crippen LogP contribution in [0.3, 0.4) is 0 Å². The fourth-order valence-corrected chi connectivity index (χ4v) is 3.98. The van der Waals surface area contributed by atoms with Crippen LogP contribution >= 0.6 is 0 Å². The quantitative estimate of drug-likeness (QED) is 0.689. The van der Waals surface area contributed by atoms with Crippen molar-refractivity contribution in [1.82, 2.24) is 9.80 Å². The van der Waals surface area contributed by atoms with E-state index in [1.165, 1.54) is 0 Å². The van der Waals surface area contributed by atoms with Gasteiger partial charge in [0.05, 0.1) is 0 Å². The van der Waals surface area contributed by atoms with Gasteiger partial charge in [-0.25, -0.2) is 0 Å². The van der Waals surface area contributed by atoms with E-state index in [2.05, 4.69) is 6.92 Å². The minimum absolute atomic E-state index is 0.0191. The molecule has 1 aliphatic rings. The molecule has 0 spiro atoms. The topological polar surface area (TPSA) is 49.9 Å². The van der Waals surface area contributed by atoms with Crippen LogP contribution in [-0.2, 0) is 4.79 Å². The lowest BCUT2D eigenvalue weighted by molar-refractivity contribution is -0.136. The third kappa shape index (κ3) is 5.41. The van der Waals surface area contributed by atoms with Crippen LogP contribution in [0.25, 0.3) is 0 Å². The molecule has 0 bridgehead atoms. The largest absolute Gasteiger partial charge is 0.483 e. The lowest BCUT2D eigenvalue weighted by Crippen LogP contribution is -2.50.